The van der Waals surface area contributed by atoms with Gasteiger partial charge in [0.2, 0.25) is 0 Å². The quantitative estimate of drug-likeness (QED) is 0.913. The number of hydrogen-bond donors (Lipinski definition) is 1. The SMILES string of the molecule is CCN(CC)C(=O)c1ccc(C(=O)N2CCNCC2C)cc1.Cl. The first-order chi connectivity index (χ1) is 10.6. The highest BCUT2D eigenvalue weighted by atomic mass is 35.5. The first-order valence-corrected chi connectivity index (χ1v) is 7.99. The number of halogens is 1. The Morgan fingerprint density at radius 3 is 2.26 bits per heavy atom. The fourth-order valence-corrected chi connectivity index (χ4v) is 2.76. The van der Waals surface area contributed by atoms with E-state index in [4.69, 9.17) is 0 Å². The molecule has 1 heterocycles. The van der Waals surface area contributed by atoms with Crippen LogP contribution in [0.4, 0.5) is 0 Å². The third-order valence-electron chi connectivity index (χ3n) is 4.19. The van der Waals surface area contributed by atoms with Gasteiger partial charge < -0.3 is 15.1 Å². The van der Waals surface area contributed by atoms with Crippen molar-refractivity contribution >= 4 is 24.2 Å². The van der Waals surface area contributed by atoms with Crippen molar-refractivity contribution in [3.05, 3.63) is 35.4 Å². The maximum Gasteiger partial charge on any atom is 0.254 e. The molecule has 1 atom stereocenters. The van der Waals surface area contributed by atoms with Crippen molar-refractivity contribution in [1.29, 1.82) is 0 Å². The normalized spacial score (nSPS) is 17.3. The van der Waals surface area contributed by atoms with E-state index in [2.05, 4.69) is 5.32 Å². The number of carbonyl (C=O) groups excluding carboxylic acids is 2. The summed E-state index contributed by atoms with van der Waals surface area (Å²) in [5.74, 6) is 0.0513. The van der Waals surface area contributed by atoms with Crippen molar-refractivity contribution in [2.75, 3.05) is 32.7 Å². The molecular weight excluding hydrogens is 314 g/mol. The molecule has 1 aliphatic rings. The molecule has 1 aromatic rings. The zero-order valence-corrected chi connectivity index (χ0v) is 14.9. The van der Waals surface area contributed by atoms with Gasteiger partial charge >= 0.3 is 0 Å². The van der Waals surface area contributed by atoms with E-state index in [1.807, 2.05) is 25.7 Å². The van der Waals surface area contributed by atoms with Crippen LogP contribution in [0.1, 0.15) is 41.5 Å². The first kappa shape index (κ1) is 19.5. The summed E-state index contributed by atoms with van der Waals surface area (Å²) in [4.78, 5) is 28.5. The van der Waals surface area contributed by atoms with Crippen molar-refractivity contribution in [3.8, 4) is 0 Å². The zero-order valence-electron chi connectivity index (χ0n) is 14.0. The third-order valence-corrected chi connectivity index (χ3v) is 4.19. The average molecular weight is 340 g/mol. The summed E-state index contributed by atoms with van der Waals surface area (Å²) < 4.78 is 0. The second-order valence-corrected chi connectivity index (χ2v) is 5.61. The molecule has 0 aliphatic carbocycles. The largest absolute Gasteiger partial charge is 0.339 e. The van der Waals surface area contributed by atoms with E-state index in [0.717, 1.165) is 19.6 Å². The van der Waals surface area contributed by atoms with E-state index < -0.39 is 0 Å². The van der Waals surface area contributed by atoms with Gasteiger partial charge in [0, 0.05) is 49.9 Å². The maximum atomic E-state index is 12.5. The van der Waals surface area contributed by atoms with Crippen molar-refractivity contribution in [3.63, 3.8) is 0 Å². The predicted octanol–water partition coefficient (Wildman–Crippen LogP) is 2.02. The van der Waals surface area contributed by atoms with E-state index in [9.17, 15) is 9.59 Å². The Morgan fingerprint density at radius 1 is 1.17 bits per heavy atom. The second kappa shape index (κ2) is 8.89. The van der Waals surface area contributed by atoms with Gasteiger partial charge in [0.05, 0.1) is 0 Å². The highest BCUT2D eigenvalue weighted by molar-refractivity contribution is 5.98. The molecule has 1 N–H and O–H groups in total. The van der Waals surface area contributed by atoms with E-state index in [-0.39, 0.29) is 30.3 Å². The van der Waals surface area contributed by atoms with Gasteiger partial charge in [0.15, 0.2) is 0 Å². The van der Waals surface area contributed by atoms with Crippen LogP contribution in [0, 0.1) is 0 Å². The van der Waals surface area contributed by atoms with E-state index in [0.29, 0.717) is 24.2 Å². The number of hydrogen-bond acceptors (Lipinski definition) is 3. The summed E-state index contributed by atoms with van der Waals surface area (Å²) >= 11 is 0. The topological polar surface area (TPSA) is 52.7 Å². The molecule has 1 aromatic carbocycles. The summed E-state index contributed by atoms with van der Waals surface area (Å²) in [6.07, 6.45) is 0. The van der Waals surface area contributed by atoms with E-state index in [1.54, 1.807) is 29.2 Å². The average Bonchev–Trinajstić information content (AvgIpc) is 2.56. The monoisotopic (exact) mass is 339 g/mol. The van der Waals surface area contributed by atoms with Gasteiger partial charge in [-0.25, -0.2) is 0 Å². The lowest BCUT2D eigenvalue weighted by atomic mass is 10.1. The van der Waals surface area contributed by atoms with Crippen LogP contribution < -0.4 is 5.32 Å². The van der Waals surface area contributed by atoms with Crippen molar-refractivity contribution in [2.45, 2.75) is 26.8 Å². The Morgan fingerprint density at radius 2 is 1.74 bits per heavy atom. The predicted molar refractivity (Wildman–Crippen MR) is 94.3 cm³/mol. The van der Waals surface area contributed by atoms with Crippen molar-refractivity contribution < 1.29 is 9.59 Å². The Bertz CT molecular complexity index is 529. The Balaban J connectivity index is 0.00000264. The summed E-state index contributed by atoms with van der Waals surface area (Å²) in [6.45, 7) is 9.72. The van der Waals surface area contributed by atoms with Gasteiger partial charge in [0.25, 0.3) is 11.8 Å². The first-order valence-electron chi connectivity index (χ1n) is 7.99. The summed E-state index contributed by atoms with van der Waals surface area (Å²) in [6, 6.07) is 7.21. The molecule has 0 radical (unpaired) electrons. The minimum absolute atomic E-state index is 0. The fraction of sp³-hybridized carbons (Fsp3) is 0.529. The number of rotatable bonds is 4. The number of benzene rings is 1. The van der Waals surface area contributed by atoms with Crippen LogP contribution >= 0.6 is 12.4 Å². The maximum absolute atomic E-state index is 12.5. The van der Waals surface area contributed by atoms with Gasteiger partial charge in [-0.3, -0.25) is 9.59 Å². The summed E-state index contributed by atoms with van der Waals surface area (Å²) in [5, 5.41) is 3.28. The molecule has 0 bridgehead atoms. The molecular formula is C17H26ClN3O2. The molecule has 1 saturated heterocycles. The lowest BCUT2D eigenvalue weighted by Gasteiger charge is -2.34. The molecule has 2 rings (SSSR count). The lowest BCUT2D eigenvalue weighted by molar-refractivity contribution is 0.0654. The van der Waals surface area contributed by atoms with Gasteiger partial charge in [-0.05, 0) is 45.0 Å². The molecule has 6 heteroatoms. The van der Waals surface area contributed by atoms with Crippen LogP contribution in [0.15, 0.2) is 24.3 Å². The minimum atomic E-state index is 0. The number of amides is 2. The Labute approximate surface area is 144 Å². The molecule has 128 valence electrons. The molecule has 0 saturated carbocycles. The molecule has 1 unspecified atom stereocenters. The standard InChI is InChI=1S/C17H25N3O2.ClH/c1-4-19(5-2)16(21)14-6-8-15(9-7-14)17(22)20-11-10-18-12-13(20)3;/h6-9,13,18H,4-5,10-12H2,1-3H3;1H. The van der Waals surface area contributed by atoms with Crippen molar-refractivity contribution in [1.82, 2.24) is 15.1 Å². The fourth-order valence-electron chi connectivity index (χ4n) is 2.76. The lowest BCUT2D eigenvalue weighted by Crippen LogP contribution is -2.52. The van der Waals surface area contributed by atoms with E-state index >= 15 is 0 Å². The van der Waals surface area contributed by atoms with Crippen LogP contribution in [-0.2, 0) is 0 Å². The number of carbonyl (C=O) groups is 2. The number of nitrogens with zero attached hydrogens (tertiary/aromatic N) is 2. The zero-order chi connectivity index (χ0) is 16.1. The Hall–Kier alpha value is -1.59. The summed E-state index contributed by atoms with van der Waals surface area (Å²) in [5.41, 5.74) is 1.28. The van der Waals surface area contributed by atoms with Crippen LogP contribution in [0.25, 0.3) is 0 Å². The molecule has 1 aliphatic heterocycles. The van der Waals surface area contributed by atoms with E-state index in [1.165, 1.54) is 0 Å². The Kier molecular flexibility index (Phi) is 7.52. The van der Waals surface area contributed by atoms with Crippen molar-refractivity contribution in [2.24, 2.45) is 0 Å². The van der Waals surface area contributed by atoms with Gasteiger partial charge in [0.1, 0.15) is 0 Å². The van der Waals surface area contributed by atoms with Gasteiger partial charge in [-0.1, -0.05) is 0 Å². The molecule has 5 nitrogen and oxygen atoms in total. The number of nitrogens with one attached hydrogen (secondary N) is 1. The molecule has 2 amide bonds. The molecule has 1 fully saturated rings. The van der Waals surface area contributed by atoms with Crippen LogP contribution in [0.3, 0.4) is 0 Å². The molecule has 0 spiro atoms. The van der Waals surface area contributed by atoms with Crippen LogP contribution in [-0.4, -0.2) is 60.4 Å². The smallest absolute Gasteiger partial charge is 0.254 e. The van der Waals surface area contributed by atoms with Crippen LogP contribution in [0.5, 0.6) is 0 Å². The molecule has 0 aromatic heterocycles. The second-order valence-electron chi connectivity index (χ2n) is 5.61. The minimum Gasteiger partial charge on any atom is -0.339 e. The summed E-state index contributed by atoms with van der Waals surface area (Å²) in [7, 11) is 0. The highest BCUT2D eigenvalue weighted by Crippen LogP contribution is 2.13. The van der Waals surface area contributed by atoms with Gasteiger partial charge in [-0.2, -0.15) is 0 Å². The van der Waals surface area contributed by atoms with Crippen LogP contribution in [0.2, 0.25) is 0 Å². The highest BCUT2D eigenvalue weighted by Gasteiger charge is 2.24. The van der Waals surface area contributed by atoms with Gasteiger partial charge in [-0.15, -0.1) is 12.4 Å². The molecule has 23 heavy (non-hydrogen) atoms. The third kappa shape index (κ3) is 4.45. The number of piperazine rings is 1.